The van der Waals surface area contributed by atoms with Crippen LogP contribution in [0.4, 0.5) is 5.69 Å². The van der Waals surface area contributed by atoms with Crippen molar-refractivity contribution in [2.45, 2.75) is 0 Å². The third-order valence-electron chi connectivity index (χ3n) is 2.39. The maximum absolute atomic E-state index is 10.8. The number of carboxylic acid groups (broad SMARTS) is 1. The molecule has 0 amide bonds. The van der Waals surface area contributed by atoms with Gasteiger partial charge in [-0.15, -0.1) is 11.3 Å². The van der Waals surface area contributed by atoms with Crippen molar-refractivity contribution >= 4 is 23.0 Å². The standard InChI is InChI=1S/C11H7NO6S/c13-7-8(14)10(11(15)16)19-9(7)5-1-3-6(4-2-5)12(17)18/h1-4,13-14H,(H,15,16). The van der Waals surface area contributed by atoms with E-state index in [1.54, 1.807) is 0 Å². The molecule has 1 heterocycles. The number of rotatable bonds is 3. The first-order chi connectivity index (χ1) is 8.91. The molecule has 1 aromatic carbocycles. The van der Waals surface area contributed by atoms with E-state index in [-0.39, 0.29) is 15.4 Å². The number of aromatic hydroxyl groups is 2. The van der Waals surface area contributed by atoms with Crippen LogP contribution in [0.15, 0.2) is 24.3 Å². The molecule has 0 aliphatic heterocycles. The van der Waals surface area contributed by atoms with E-state index in [1.165, 1.54) is 24.3 Å². The maximum Gasteiger partial charge on any atom is 0.349 e. The van der Waals surface area contributed by atoms with Gasteiger partial charge in [0.15, 0.2) is 16.4 Å². The number of aromatic carboxylic acids is 1. The summed E-state index contributed by atoms with van der Waals surface area (Å²) in [6, 6.07) is 5.20. The quantitative estimate of drug-likeness (QED) is 0.586. The van der Waals surface area contributed by atoms with E-state index in [4.69, 9.17) is 5.11 Å². The van der Waals surface area contributed by atoms with Crippen LogP contribution in [-0.4, -0.2) is 26.2 Å². The molecule has 0 spiro atoms. The number of carboxylic acids is 1. The van der Waals surface area contributed by atoms with Crippen LogP contribution < -0.4 is 0 Å². The zero-order chi connectivity index (χ0) is 14.2. The summed E-state index contributed by atoms with van der Waals surface area (Å²) >= 11 is 0.692. The van der Waals surface area contributed by atoms with Crippen molar-refractivity contribution in [3.05, 3.63) is 39.3 Å². The van der Waals surface area contributed by atoms with E-state index < -0.39 is 22.4 Å². The molecule has 0 aliphatic carbocycles. The average Bonchev–Trinajstić information content (AvgIpc) is 2.67. The zero-order valence-electron chi connectivity index (χ0n) is 9.23. The fraction of sp³-hybridized carbons (Fsp3) is 0. The lowest BCUT2D eigenvalue weighted by Crippen LogP contribution is -1.90. The second-order valence-electron chi connectivity index (χ2n) is 3.57. The Labute approximate surface area is 110 Å². The lowest BCUT2D eigenvalue weighted by Gasteiger charge is -1.98. The minimum absolute atomic E-state index is 0.123. The van der Waals surface area contributed by atoms with Gasteiger partial charge in [-0.1, -0.05) is 0 Å². The van der Waals surface area contributed by atoms with Crippen LogP contribution in [0.3, 0.4) is 0 Å². The summed E-state index contributed by atoms with van der Waals surface area (Å²) in [6.45, 7) is 0. The first kappa shape index (κ1) is 12.8. The zero-order valence-corrected chi connectivity index (χ0v) is 10.0. The molecule has 0 saturated heterocycles. The first-order valence-electron chi connectivity index (χ1n) is 4.94. The Morgan fingerprint density at radius 3 is 2.16 bits per heavy atom. The van der Waals surface area contributed by atoms with Gasteiger partial charge in [0.05, 0.1) is 9.80 Å². The van der Waals surface area contributed by atoms with Crippen LogP contribution in [0.2, 0.25) is 0 Å². The molecule has 98 valence electrons. The summed E-state index contributed by atoms with van der Waals surface area (Å²) in [5.74, 6) is -2.60. The Morgan fingerprint density at radius 1 is 1.16 bits per heavy atom. The molecule has 0 saturated carbocycles. The van der Waals surface area contributed by atoms with Gasteiger partial charge in [0.2, 0.25) is 0 Å². The van der Waals surface area contributed by atoms with Crippen molar-refractivity contribution in [2.75, 3.05) is 0 Å². The van der Waals surface area contributed by atoms with Gasteiger partial charge in [-0.2, -0.15) is 0 Å². The molecule has 0 unspecified atom stereocenters. The van der Waals surface area contributed by atoms with Gasteiger partial charge in [-0.05, 0) is 17.7 Å². The number of hydrogen-bond acceptors (Lipinski definition) is 6. The number of nitro groups is 1. The highest BCUT2D eigenvalue weighted by molar-refractivity contribution is 7.18. The minimum atomic E-state index is -1.36. The molecule has 3 N–H and O–H groups in total. The third-order valence-corrected chi connectivity index (χ3v) is 3.60. The maximum atomic E-state index is 10.8. The van der Waals surface area contributed by atoms with Crippen LogP contribution in [0.1, 0.15) is 9.67 Å². The van der Waals surface area contributed by atoms with Crippen LogP contribution >= 0.6 is 11.3 Å². The molecule has 2 aromatic rings. The van der Waals surface area contributed by atoms with Crippen LogP contribution in [0.5, 0.6) is 11.5 Å². The summed E-state index contributed by atoms with van der Waals surface area (Å²) < 4.78 is 0. The number of nitrogens with zero attached hydrogens (tertiary/aromatic N) is 1. The molecule has 0 bridgehead atoms. The fourth-order valence-electron chi connectivity index (χ4n) is 1.49. The lowest BCUT2D eigenvalue weighted by molar-refractivity contribution is -0.384. The second-order valence-corrected chi connectivity index (χ2v) is 4.59. The van der Waals surface area contributed by atoms with Crippen molar-refractivity contribution < 1.29 is 25.0 Å². The number of thiophene rings is 1. The number of carbonyl (C=O) groups is 1. The molecule has 7 nitrogen and oxygen atoms in total. The molecule has 0 radical (unpaired) electrons. The van der Waals surface area contributed by atoms with Crippen LogP contribution in [-0.2, 0) is 0 Å². The topological polar surface area (TPSA) is 121 Å². The molecule has 1 aromatic heterocycles. The summed E-state index contributed by atoms with van der Waals surface area (Å²) in [4.78, 5) is 20.5. The molecule has 8 heteroatoms. The third kappa shape index (κ3) is 2.20. The highest BCUT2D eigenvalue weighted by Gasteiger charge is 2.23. The smallest absolute Gasteiger partial charge is 0.349 e. The molecule has 19 heavy (non-hydrogen) atoms. The Bertz CT molecular complexity index is 661. The Morgan fingerprint density at radius 2 is 1.74 bits per heavy atom. The summed E-state index contributed by atoms with van der Waals surface area (Å²) in [5, 5.41) is 38.4. The first-order valence-corrected chi connectivity index (χ1v) is 5.76. The van der Waals surface area contributed by atoms with Gasteiger partial charge in [-0.3, -0.25) is 10.1 Å². The number of nitro benzene ring substituents is 1. The monoisotopic (exact) mass is 281 g/mol. The van der Waals surface area contributed by atoms with Gasteiger partial charge < -0.3 is 15.3 Å². The van der Waals surface area contributed by atoms with Crippen LogP contribution in [0, 0.1) is 10.1 Å². The SMILES string of the molecule is O=C(O)c1sc(-c2ccc([N+](=O)[O-])cc2)c(O)c1O. The van der Waals surface area contributed by atoms with E-state index in [0.717, 1.165) is 0 Å². The minimum Gasteiger partial charge on any atom is -0.503 e. The average molecular weight is 281 g/mol. The molecular weight excluding hydrogens is 274 g/mol. The van der Waals surface area contributed by atoms with Gasteiger partial charge in [-0.25, -0.2) is 4.79 Å². The van der Waals surface area contributed by atoms with Crippen molar-refractivity contribution in [1.29, 1.82) is 0 Å². The van der Waals surface area contributed by atoms with E-state index in [9.17, 15) is 25.1 Å². The largest absolute Gasteiger partial charge is 0.503 e. The van der Waals surface area contributed by atoms with E-state index in [0.29, 0.717) is 16.9 Å². The summed E-state index contributed by atoms with van der Waals surface area (Å²) in [5.41, 5.74) is 0.262. The molecule has 0 atom stereocenters. The van der Waals surface area contributed by atoms with Gasteiger partial charge in [0.1, 0.15) is 0 Å². The highest BCUT2D eigenvalue weighted by atomic mass is 32.1. The summed E-state index contributed by atoms with van der Waals surface area (Å²) in [7, 11) is 0. The molecule has 2 rings (SSSR count). The van der Waals surface area contributed by atoms with Gasteiger partial charge in [0.25, 0.3) is 5.69 Å². The molecule has 0 fully saturated rings. The summed E-state index contributed by atoms with van der Waals surface area (Å²) in [6.07, 6.45) is 0. The Kier molecular flexibility index (Phi) is 3.09. The second kappa shape index (κ2) is 4.58. The van der Waals surface area contributed by atoms with Crippen molar-refractivity contribution in [3.8, 4) is 21.9 Å². The van der Waals surface area contributed by atoms with Gasteiger partial charge >= 0.3 is 5.97 Å². The predicted octanol–water partition coefficient (Wildman–Crippen LogP) is 2.43. The molecular formula is C11H7NO6S. The van der Waals surface area contributed by atoms with E-state index in [1.807, 2.05) is 0 Å². The molecule has 0 aliphatic rings. The fourth-order valence-corrected chi connectivity index (χ4v) is 2.42. The number of hydrogen-bond donors (Lipinski definition) is 3. The lowest BCUT2D eigenvalue weighted by atomic mass is 10.1. The van der Waals surface area contributed by atoms with Crippen molar-refractivity contribution in [3.63, 3.8) is 0 Å². The van der Waals surface area contributed by atoms with Gasteiger partial charge in [0, 0.05) is 12.1 Å². The van der Waals surface area contributed by atoms with Crippen LogP contribution in [0.25, 0.3) is 10.4 Å². The van der Waals surface area contributed by atoms with E-state index in [2.05, 4.69) is 0 Å². The predicted molar refractivity (Wildman–Crippen MR) is 66.7 cm³/mol. The normalized spacial score (nSPS) is 10.3. The number of benzene rings is 1. The van der Waals surface area contributed by atoms with Crippen molar-refractivity contribution in [2.24, 2.45) is 0 Å². The van der Waals surface area contributed by atoms with E-state index >= 15 is 0 Å². The van der Waals surface area contributed by atoms with Crippen molar-refractivity contribution in [1.82, 2.24) is 0 Å². The Balaban J connectivity index is 2.50. The Hall–Kier alpha value is -2.61. The number of non-ortho nitro benzene ring substituents is 1. The highest BCUT2D eigenvalue weighted by Crippen LogP contribution is 2.46.